The Kier molecular flexibility index (Phi) is 8.22. The van der Waals surface area contributed by atoms with Crippen LogP contribution in [-0.2, 0) is 21.4 Å². The highest BCUT2D eigenvalue weighted by molar-refractivity contribution is 8.01. The first-order valence-electron chi connectivity index (χ1n) is 11.0. The lowest BCUT2D eigenvalue weighted by molar-refractivity contribution is -0.150. The zero-order valence-electron chi connectivity index (χ0n) is 20.3. The number of imide groups is 1. The van der Waals surface area contributed by atoms with Gasteiger partial charge in [-0.05, 0) is 27.4 Å². The largest absolute Gasteiger partial charge is 0.477 e. The number of thioether (sulfide) groups is 2. The quantitative estimate of drug-likeness (QED) is 0.239. The number of nitrogens with one attached hydrogen (secondary N) is 3. The van der Waals surface area contributed by atoms with Crippen LogP contribution < -0.4 is 16.0 Å². The van der Waals surface area contributed by atoms with Crippen LogP contribution in [0.15, 0.2) is 33.9 Å². The van der Waals surface area contributed by atoms with Crippen LogP contribution in [0.4, 0.5) is 9.59 Å². The van der Waals surface area contributed by atoms with Gasteiger partial charge in [-0.25, -0.2) is 24.0 Å². The molecule has 4 rings (SSSR count). The minimum atomic E-state index is -1.25. The summed E-state index contributed by atoms with van der Waals surface area (Å²) in [6, 6.07) is -0.317. The Morgan fingerprint density at radius 2 is 2.08 bits per heavy atom. The van der Waals surface area contributed by atoms with Gasteiger partial charge in [0.2, 0.25) is 11.1 Å². The Balaban J connectivity index is 1.47. The predicted molar refractivity (Wildman–Crippen MR) is 137 cm³/mol. The van der Waals surface area contributed by atoms with Crippen LogP contribution in [0.2, 0.25) is 0 Å². The van der Waals surface area contributed by atoms with E-state index in [-0.39, 0.29) is 11.4 Å². The monoisotopic (exact) mass is 581 g/mol. The summed E-state index contributed by atoms with van der Waals surface area (Å²) in [5, 5.41) is 30.1. The number of hydrogen-bond acceptors (Lipinski definition) is 11. The number of β-lactam (4-membered cyclic amide) rings is 1. The summed E-state index contributed by atoms with van der Waals surface area (Å²) in [6.07, 6.45) is 0. The second-order valence-corrected chi connectivity index (χ2v) is 11.1. The zero-order valence-corrected chi connectivity index (χ0v) is 22.7. The maximum atomic E-state index is 13.2. The summed E-state index contributed by atoms with van der Waals surface area (Å²) < 4.78 is 1.46. The number of aryl methyl sites for hydroxylation is 1. The number of thiophene rings is 1. The SMILES string of the molecule is CNC(=O)N(C)C(=O)NC(C(=O)NC1C(=O)N2C(C(=O)O)=C(CSc3nnnn3C)CS[C@@H]12)c1cccs1. The molecule has 1 fully saturated rings. The number of carbonyl (C=O) groups is 5. The average molecular weight is 582 g/mol. The van der Waals surface area contributed by atoms with Crippen LogP contribution >= 0.6 is 34.9 Å². The molecule has 2 aromatic heterocycles. The molecule has 38 heavy (non-hydrogen) atoms. The Labute approximate surface area is 228 Å². The molecule has 4 heterocycles. The van der Waals surface area contributed by atoms with Gasteiger partial charge in [-0.1, -0.05) is 17.8 Å². The first-order valence-corrected chi connectivity index (χ1v) is 13.9. The molecule has 2 aromatic rings. The van der Waals surface area contributed by atoms with E-state index in [2.05, 4.69) is 31.5 Å². The van der Waals surface area contributed by atoms with Crippen LogP contribution in [-0.4, -0.2) is 102 Å². The highest BCUT2D eigenvalue weighted by Gasteiger charge is 2.54. The fourth-order valence-electron chi connectivity index (χ4n) is 3.73. The fraction of sp³-hybridized carbons (Fsp3) is 0.400. The maximum Gasteiger partial charge on any atom is 0.352 e. The number of rotatable bonds is 8. The van der Waals surface area contributed by atoms with Gasteiger partial charge in [-0.2, -0.15) is 0 Å². The molecule has 2 aliphatic heterocycles. The van der Waals surface area contributed by atoms with E-state index in [9.17, 15) is 29.1 Å². The van der Waals surface area contributed by atoms with Crippen molar-refractivity contribution < 1.29 is 29.1 Å². The predicted octanol–water partition coefficient (Wildman–Crippen LogP) is -0.176. The van der Waals surface area contributed by atoms with Crippen molar-refractivity contribution in [1.82, 2.24) is 46.0 Å². The molecular weight excluding hydrogens is 558 g/mol. The van der Waals surface area contributed by atoms with Crippen LogP contribution in [0.25, 0.3) is 0 Å². The van der Waals surface area contributed by atoms with E-state index in [0.717, 1.165) is 4.90 Å². The van der Waals surface area contributed by atoms with Gasteiger partial charge in [0, 0.05) is 37.5 Å². The highest BCUT2D eigenvalue weighted by atomic mass is 32.2. The van der Waals surface area contributed by atoms with Gasteiger partial charge < -0.3 is 21.1 Å². The summed E-state index contributed by atoms with van der Waals surface area (Å²) in [7, 11) is 4.28. The molecule has 18 heteroatoms. The Bertz CT molecular complexity index is 1300. The smallest absolute Gasteiger partial charge is 0.352 e. The number of carboxylic acid groups (broad SMARTS) is 1. The molecule has 0 aromatic carbocycles. The van der Waals surface area contributed by atoms with Crippen LogP contribution in [0.5, 0.6) is 0 Å². The van der Waals surface area contributed by atoms with Crippen molar-refractivity contribution in [2.75, 3.05) is 25.6 Å². The maximum absolute atomic E-state index is 13.2. The third-order valence-electron chi connectivity index (χ3n) is 5.69. The Morgan fingerprint density at radius 1 is 1.32 bits per heavy atom. The lowest BCUT2D eigenvalue weighted by Gasteiger charge is -2.49. The van der Waals surface area contributed by atoms with Gasteiger partial charge in [-0.15, -0.1) is 28.2 Å². The van der Waals surface area contributed by atoms with Crippen LogP contribution in [0, 0.1) is 0 Å². The number of tetrazole rings is 1. The van der Waals surface area contributed by atoms with Crippen molar-refractivity contribution in [3.05, 3.63) is 33.7 Å². The molecule has 2 aliphatic rings. The number of aliphatic carboxylic acids is 1. The number of carbonyl (C=O) groups excluding carboxylic acids is 4. The molecule has 2 unspecified atom stereocenters. The standard InChI is InChI=1S/C20H23N9O6S3/c1-21-18(34)27(2)19(35)23-11(10-5-4-6-36-10)14(30)22-12-15(31)29-13(17(32)33)9(7-37-16(12)29)8-38-20-24-25-26-28(20)3/h4-6,11-12,16H,7-8H2,1-3H3,(H,21,34)(H,22,30)(H,23,35)(H,32,33)/t11?,12?,16-/m0/s1. The van der Waals surface area contributed by atoms with Crippen LogP contribution in [0.1, 0.15) is 10.9 Å². The molecule has 0 saturated carbocycles. The number of amides is 6. The molecule has 3 atom stereocenters. The Morgan fingerprint density at radius 3 is 2.68 bits per heavy atom. The molecule has 15 nitrogen and oxygen atoms in total. The summed E-state index contributed by atoms with van der Waals surface area (Å²) in [4.78, 5) is 65.2. The molecule has 0 radical (unpaired) electrons. The van der Waals surface area contributed by atoms with Crippen LogP contribution in [0.3, 0.4) is 0 Å². The molecule has 0 spiro atoms. The topological polar surface area (TPSA) is 192 Å². The van der Waals surface area contributed by atoms with E-state index in [1.165, 1.54) is 58.5 Å². The molecule has 0 bridgehead atoms. The van der Waals surface area contributed by atoms with E-state index in [4.69, 9.17) is 0 Å². The number of fused-ring (bicyclic) bond motifs is 1. The number of carboxylic acids is 1. The van der Waals surface area contributed by atoms with E-state index in [0.29, 0.717) is 21.4 Å². The minimum Gasteiger partial charge on any atom is -0.477 e. The van der Waals surface area contributed by atoms with E-state index < -0.39 is 47.3 Å². The zero-order chi connectivity index (χ0) is 27.6. The van der Waals surface area contributed by atoms with Crippen molar-refractivity contribution in [2.24, 2.45) is 7.05 Å². The lowest BCUT2D eigenvalue weighted by atomic mass is 10.0. The Hall–Kier alpha value is -3.64. The van der Waals surface area contributed by atoms with E-state index >= 15 is 0 Å². The van der Waals surface area contributed by atoms with Crippen molar-refractivity contribution in [3.63, 3.8) is 0 Å². The fourth-order valence-corrected chi connectivity index (χ4v) is 6.84. The number of urea groups is 2. The van der Waals surface area contributed by atoms with Gasteiger partial charge in [-0.3, -0.25) is 14.5 Å². The van der Waals surface area contributed by atoms with Gasteiger partial charge in [0.25, 0.3) is 5.91 Å². The molecule has 4 N–H and O–H groups in total. The second-order valence-electron chi connectivity index (χ2n) is 8.04. The summed E-state index contributed by atoms with van der Waals surface area (Å²) in [5.74, 6) is -1.90. The first-order chi connectivity index (χ1) is 18.1. The summed E-state index contributed by atoms with van der Waals surface area (Å²) in [6.45, 7) is 0. The van der Waals surface area contributed by atoms with Crippen molar-refractivity contribution in [1.29, 1.82) is 0 Å². The first kappa shape index (κ1) is 27.4. The third-order valence-corrected chi connectivity index (χ3v) is 9.06. The molecule has 202 valence electrons. The van der Waals surface area contributed by atoms with Crippen molar-refractivity contribution >= 4 is 64.7 Å². The second kappa shape index (κ2) is 11.4. The number of nitrogens with zero attached hydrogens (tertiary/aromatic N) is 6. The normalized spacial score (nSPS) is 19.2. The third kappa shape index (κ3) is 5.32. The van der Waals surface area contributed by atoms with Gasteiger partial charge in [0.15, 0.2) is 0 Å². The molecule has 6 amide bonds. The van der Waals surface area contributed by atoms with Gasteiger partial charge in [0.05, 0.1) is 0 Å². The minimum absolute atomic E-state index is 0.123. The van der Waals surface area contributed by atoms with E-state index in [1.54, 1.807) is 24.6 Å². The molecular formula is C20H23N9O6S3. The summed E-state index contributed by atoms with van der Waals surface area (Å²) >= 11 is 3.79. The van der Waals surface area contributed by atoms with Gasteiger partial charge >= 0.3 is 18.0 Å². The van der Waals surface area contributed by atoms with Crippen molar-refractivity contribution in [2.45, 2.75) is 22.6 Å². The molecule has 1 saturated heterocycles. The molecule has 0 aliphatic carbocycles. The lowest BCUT2D eigenvalue weighted by Crippen LogP contribution is -2.71. The number of hydrogen-bond donors (Lipinski definition) is 4. The van der Waals surface area contributed by atoms with Gasteiger partial charge in [0.1, 0.15) is 23.2 Å². The number of aromatic nitrogens is 4. The average Bonchev–Trinajstić information content (AvgIpc) is 3.59. The summed E-state index contributed by atoms with van der Waals surface area (Å²) in [5.41, 5.74) is 0.410. The van der Waals surface area contributed by atoms with Crippen molar-refractivity contribution in [3.8, 4) is 0 Å². The highest BCUT2D eigenvalue weighted by Crippen LogP contribution is 2.41. The van der Waals surface area contributed by atoms with E-state index in [1.807, 2.05) is 0 Å².